The van der Waals surface area contributed by atoms with Crippen molar-refractivity contribution < 1.29 is 24.0 Å². The first-order valence-corrected chi connectivity index (χ1v) is 9.52. The van der Waals surface area contributed by atoms with Crippen LogP contribution in [0.25, 0.3) is 6.08 Å². The van der Waals surface area contributed by atoms with Crippen LogP contribution in [-0.4, -0.2) is 40.3 Å². The largest absolute Gasteiger partial charge is 0.491 e. The molecule has 0 saturated carbocycles. The molecule has 5 nitrogen and oxygen atoms in total. The van der Waals surface area contributed by atoms with Crippen molar-refractivity contribution in [2.75, 3.05) is 5.75 Å². The molecule has 0 spiro atoms. The third-order valence-electron chi connectivity index (χ3n) is 4.60. The monoisotopic (exact) mass is 396 g/mol. The first kappa shape index (κ1) is 21.0. The van der Waals surface area contributed by atoms with E-state index in [-0.39, 0.29) is 15.7 Å². The van der Waals surface area contributed by atoms with Gasteiger partial charge in [0, 0.05) is 12.7 Å². The summed E-state index contributed by atoms with van der Waals surface area (Å²) in [6.45, 7) is 9.27. The van der Waals surface area contributed by atoms with Crippen LogP contribution in [0, 0.1) is 0 Å². The van der Waals surface area contributed by atoms with Gasteiger partial charge in [0.2, 0.25) is 0 Å². The van der Waals surface area contributed by atoms with Crippen molar-refractivity contribution >= 4 is 47.6 Å². The van der Waals surface area contributed by atoms with Crippen molar-refractivity contribution in [3.05, 3.63) is 39.8 Å². The van der Waals surface area contributed by atoms with Gasteiger partial charge in [-0.25, -0.2) is 4.79 Å². The molecule has 2 rings (SSSR count). The molecular formula is C18H22BClO5S. The predicted molar refractivity (Wildman–Crippen MR) is 106 cm³/mol. The van der Waals surface area contributed by atoms with Gasteiger partial charge >= 0.3 is 13.1 Å². The van der Waals surface area contributed by atoms with Gasteiger partial charge < -0.3 is 14.4 Å². The molecule has 0 aromatic heterocycles. The second-order valence-electron chi connectivity index (χ2n) is 7.10. The highest BCUT2D eigenvalue weighted by atomic mass is 35.5. The van der Waals surface area contributed by atoms with E-state index in [1.165, 1.54) is 13.0 Å². The Morgan fingerprint density at radius 1 is 1.23 bits per heavy atom. The molecule has 0 bridgehead atoms. The molecule has 8 heteroatoms. The maximum Gasteiger partial charge on any atom is 0.491 e. The van der Waals surface area contributed by atoms with Gasteiger partial charge in [-0.3, -0.25) is 4.79 Å². The maximum atomic E-state index is 11.4. The number of hydrogen-bond acceptors (Lipinski definition) is 5. The van der Waals surface area contributed by atoms with E-state index in [1.807, 2.05) is 27.7 Å². The molecule has 1 aromatic rings. The molecule has 0 unspecified atom stereocenters. The Hall–Kier alpha value is -1.28. The molecule has 1 fully saturated rings. The lowest BCUT2D eigenvalue weighted by Gasteiger charge is -2.32. The molecule has 1 saturated heterocycles. The molecule has 140 valence electrons. The van der Waals surface area contributed by atoms with E-state index >= 15 is 0 Å². The summed E-state index contributed by atoms with van der Waals surface area (Å²) in [6.07, 6.45) is 1.74. The quantitative estimate of drug-likeness (QED) is 0.747. The first-order chi connectivity index (χ1) is 11.9. The number of carboxylic acid groups (broad SMARTS) is 1. The summed E-state index contributed by atoms with van der Waals surface area (Å²) < 4.78 is 12.1. The number of carbonyl (C=O) groups excluding carboxylic acids is 1. The smallest absolute Gasteiger partial charge is 0.478 e. The summed E-state index contributed by atoms with van der Waals surface area (Å²) in [4.78, 5) is 22.7. The predicted octanol–water partition coefficient (Wildman–Crippen LogP) is 4.33. The van der Waals surface area contributed by atoms with E-state index in [9.17, 15) is 14.7 Å². The molecule has 1 aliphatic rings. The van der Waals surface area contributed by atoms with Crippen LogP contribution in [0.1, 0.15) is 50.5 Å². The molecule has 0 atom stereocenters. The molecule has 1 N–H and O–H groups in total. The Bertz CT molecular complexity index is 744. The second-order valence-corrected chi connectivity index (χ2v) is 8.63. The van der Waals surface area contributed by atoms with Crippen LogP contribution in [0.5, 0.6) is 0 Å². The zero-order valence-electron chi connectivity index (χ0n) is 15.5. The molecule has 0 aliphatic carbocycles. The average molecular weight is 397 g/mol. The van der Waals surface area contributed by atoms with Crippen molar-refractivity contribution in [3.63, 3.8) is 0 Å². The normalized spacial score (nSPS) is 18.8. The highest BCUT2D eigenvalue weighted by Gasteiger charge is 2.52. The van der Waals surface area contributed by atoms with Crippen LogP contribution in [-0.2, 0) is 14.1 Å². The summed E-state index contributed by atoms with van der Waals surface area (Å²) in [7, 11) is -0.642. The fourth-order valence-corrected chi connectivity index (χ4v) is 3.23. The van der Waals surface area contributed by atoms with Crippen LogP contribution in [0.15, 0.2) is 23.7 Å². The van der Waals surface area contributed by atoms with Gasteiger partial charge in [-0.15, -0.1) is 0 Å². The number of hydrogen-bond donors (Lipinski definition) is 1. The lowest BCUT2D eigenvalue weighted by atomic mass is 9.78. The average Bonchev–Trinajstić information content (AvgIpc) is 2.72. The Morgan fingerprint density at radius 3 is 2.31 bits per heavy atom. The minimum atomic E-state index is -1.10. The molecule has 0 radical (unpaired) electrons. The Morgan fingerprint density at radius 2 is 1.81 bits per heavy atom. The van der Waals surface area contributed by atoms with Crippen LogP contribution >= 0.6 is 23.4 Å². The fourth-order valence-electron chi connectivity index (χ4n) is 2.38. The zero-order chi connectivity index (χ0) is 19.7. The van der Waals surface area contributed by atoms with Gasteiger partial charge in [0.05, 0.1) is 21.8 Å². The van der Waals surface area contributed by atoms with E-state index < -0.39 is 24.3 Å². The molecule has 26 heavy (non-hydrogen) atoms. The van der Waals surface area contributed by atoms with Crippen LogP contribution in [0.2, 0.25) is 5.02 Å². The number of rotatable bonds is 5. The topological polar surface area (TPSA) is 72.8 Å². The van der Waals surface area contributed by atoms with Crippen molar-refractivity contribution in [3.8, 4) is 0 Å². The van der Waals surface area contributed by atoms with Gasteiger partial charge in [0.25, 0.3) is 0 Å². The van der Waals surface area contributed by atoms with E-state index in [0.29, 0.717) is 16.8 Å². The van der Waals surface area contributed by atoms with E-state index in [1.54, 1.807) is 18.2 Å². The fraction of sp³-hybridized carbons (Fsp3) is 0.444. The maximum absolute atomic E-state index is 11.4. The zero-order valence-corrected chi connectivity index (χ0v) is 17.0. The van der Waals surface area contributed by atoms with Gasteiger partial charge in [0.15, 0.2) is 5.12 Å². The van der Waals surface area contributed by atoms with Crippen LogP contribution < -0.4 is 0 Å². The molecule has 1 aromatic carbocycles. The number of carboxylic acids is 1. The first-order valence-electron chi connectivity index (χ1n) is 8.16. The Labute approximate surface area is 163 Å². The van der Waals surface area contributed by atoms with E-state index in [0.717, 1.165) is 11.8 Å². The summed E-state index contributed by atoms with van der Waals surface area (Å²) in [6, 6.07) is 4.79. The Balaban J connectivity index is 2.43. The van der Waals surface area contributed by atoms with Crippen LogP contribution in [0.3, 0.4) is 0 Å². The molecule has 1 aliphatic heterocycles. The molecule has 1 heterocycles. The highest BCUT2D eigenvalue weighted by molar-refractivity contribution is 8.13. The summed E-state index contributed by atoms with van der Waals surface area (Å²) in [5, 5.41) is 9.36. The minimum Gasteiger partial charge on any atom is -0.478 e. The van der Waals surface area contributed by atoms with Gasteiger partial charge in [-0.2, -0.15) is 0 Å². The summed E-state index contributed by atoms with van der Waals surface area (Å²) in [5.74, 6) is -0.736. The van der Waals surface area contributed by atoms with Crippen molar-refractivity contribution in [2.45, 2.75) is 45.8 Å². The minimum absolute atomic E-state index is 0.0212. The SMILES string of the molecule is CC(=O)SCC(=Cc1cccc(C(=O)O)c1Cl)B1OC(C)(C)C(C)(C)O1. The van der Waals surface area contributed by atoms with E-state index in [2.05, 4.69) is 0 Å². The van der Waals surface area contributed by atoms with Crippen molar-refractivity contribution in [2.24, 2.45) is 0 Å². The Kier molecular flexibility index (Phi) is 6.28. The van der Waals surface area contributed by atoms with E-state index in [4.69, 9.17) is 20.9 Å². The highest BCUT2D eigenvalue weighted by Crippen LogP contribution is 2.39. The molecule has 0 amide bonds. The van der Waals surface area contributed by atoms with Crippen LogP contribution in [0.4, 0.5) is 0 Å². The number of thioether (sulfide) groups is 1. The van der Waals surface area contributed by atoms with Gasteiger partial charge in [0.1, 0.15) is 0 Å². The van der Waals surface area contributed by atoms with Crippen molar-refractivity contribution in [1.82, 2.24) is 0 Å². The third-order valence-corrected chi connectivity index (χ3v) is 5.90. The number of halogens is 1. The molecular weight excluding hydrogens is 375 g/mol. The second kappa shape index (κ2) is 7.76. The number of aromatic carboxylic acids is 1. The summed E-state index contributed by atoms with van der Waals surface area (Å²) in [5.41, 5.74) is 0.232. The summed E-state index contributed by atoms with van der Waals surface area (Å²) >= 11 is 7.38. The van der Waals surface area contributed by atoms with Gasteiger partial charge in [-0.05, 0) is 44.8 Å². The lowest BCUT2D eigenvalue weighted by Crippen LogP contribution is -2.41. The number of carbonyl (C=O) groups is 2. The van der Waals surface area contributed by atoms with Crippen molar-refractivity contribution in [1.29, 1.82) is 0 Å². The lowest BCUT2D eigenvalue weighted by molar-refractivity contribution is -0.109. The standard InChI is InChI=1S/C18H22BClO5S/c1-11(21)26-10-13(19-24-17(2,3)18(4,5)25-19)9-12-7-6-8-14(15(12)20)16(22)23/h6-9H,10H2,1-5H3,(H,22,23). The third kappa shape index (κ3) is 4.52. The van der Waals surface area contributed by atoms with Gasteiger partial charge in [-0.1, -0.05) is 41.6 Å². The number of benzene rings is 1.